The number of rotatable bonds is 5. The molecule has 1 fully saturated rings. The molecule has 1 saturated heterocycles. The molecule has 35 heavy (non-hydrogen) atoms. The van der Waals surface area contributed by atoms with Gasteiger partial charge in [0, 0.05) is 30.8 Å². The Bertz CT molecular complexity index is 1320. The van der Waals surface area contributed by atoms with E-state index >= 15 is 0 Å². The molecular weight excluding hydrogens is 450 g/mol. The third-order valence-corrected chi connectivity index (χ3v) is 6.60. The van der Waals surface area contributed by atoms with Crippen molar-refractivity contribution in [1.29, 1.82) is 0 Å². The average Bonchev–Trinajstić information content (AvgIpc) is 3.58. The summed E-state index contributed by atoms with van der Waals surface area (Å²) in [4.78, 5) is 19.5. The number of benzene rings is 2. The second kappa shape index (κ2) is 9.32. The summed E-state index contributed by atoms with van der Waals surface area (Å²) < 4.78 is 29.3. The largest absolute Gasteiger partial charge is 0.368 e. The van der Waals surface area contributed by atoms with Crippen LogP contribution in [0.3, 0.4) is 0 Å². The van der Waals surface area contributed by atoms with E-state index in [2.05, 4.69) is 25.6 Å². The standard InChI is InChI=1S/C26H26F2N6O/c1-16-17(2)32-34(19-6-4-3-5-7-19)25(16)31-26(35)30-24-15-33(20-10-11-29-13-20)14-21(24)18-8-9-22(27)23(28)12-18/h3-10,12-13,21,24H,11,14-15H2,1-2H3,(H2,30,31,35)/t21-,24+/m0/s1. The Kier molecular flexibility index (Phi) is 6.07. The zero-order chi connectivity index (χ0) is 24.5. The number of nitrogens with one attached hydrogen (secondary N) is 2. The highest BCUT2D eigenvalue weighted by Gasteiger charge is 2.36. The number of nitrogens with zero attached hydrogens (tertiary/aromatic N) is 4. The van der Waals surface area contributed by atoms with Gasteiger partial charge < -0.3 is 10.2 Å². The summed E-state index contributed by atoms with van der Waals surface area (Å²) in [6.07, 6.45) is 3.81. The van der Waals surface area contributed by atoms with Gasteiger partial charge in [-0.15, -0.1) is 0 Å². The molecule has 0 spiro atoms. The quantitative estimate of drug-likeness (QED) is 0.576. The van der Waals surface area contributed by atoms with Crippen LogP contribution in [0.1, 0.15) is 22.7 Å². The van der Waals surface area contributed by atoms with Gasteiger partial charge in [0.25, 0.3) is 0 Å². The number of anilines is 1. The van der Waals surface area contributed by atoms with Gasteiger partial charge in [0.1, 0.15) is 5.82 Å². The summed E-state index contributed by atoms with van der Waals surface area (Å²) in [6.45, 7) is 5.48. The van der Waals surface area contributed by atoms with Gasteiger partial charge in [-0.25, -0.2) is 18.3 Å². The molecule has 0 aliphatic carbocycles. The fourth-order valence-corrected chi connectivity index (χ4v) is 4.62. The normalized spacial score (nSPS) is 19.2. The molecule has 0 bridgehead atoms. The van der Waals surface area contributed by atoms with Gasteiger partial charge in [-0.3, -0.25) is 10.3 Å². The fraction of sp³-hybridized carbons (Fsp3) is 0.269. The van der Waals surface area contributed by atoms with Crippen molar-refractivity contribution in [3.63, 3.8) is 0 Å². The van der Waals surface area contributed by atoms with E-state index in [1.807, 2.05) is 50.3 Å². The lowest BCUT2D eigenvalue weighted by Crippen LogP contribution is -2.42. The number of likely N-dealkylation sites (tertiary alicyclic amines) is 1. The minimum atomic E-state index is -0.899. The maximum absolute atomic E-state index is 14.0. The topological polar surface area (TPSA) is 74.6 Å². The molecule has 5 rings (SSSR count). The van der Waals surface area contributed by atoms with Crippen LogP contribution in [0.25, 0.3) is 5.69 Å². The zero-order valence-electron chi connectivity index (χ0n) is 19.5. The van der Waals surface area contributed by atoms with Crippen LogP contribution in [0.5, 0.6) is 0 Å². The smallest absolute Gasteiger partial charge is 0.320 e. The van der Waals surface area contributed by atoms with Crippen LogP contribution < -0.4 is 10.6 Å². The molecule has 2 aliphatic heterocycles. The van der Waals surface area contributed by atoms with E-state index in [-0.39, 0.29) is 12.0 Å². The van der Waals surface area contributed by atoms with Crippen LogP contribution in [0.4, 0.5) is 19.4 Å². The Morgan fingerprint density at radius 3 is 2.57 bits per heavy atom. The van der Waals surface area contributed by atoms with E-state index in [4.69, 9.17) is 0 Å². The summed E-state index contributed by atoms with van der Waals surface area (Å²) in [6, 6.07) is 12.8. The number of aliphatic imine (C=N–C) groups is 1. The molecule has 3 aromatic rings. The molecule has 2 N–H and O–H groups in total. The molecule has 2 atom stereocenters. The number of hydrogen-bond acceptors (Lipinski definition) is 4. The fourth-order valence-electron chi connectivity index (χ4n) is 4.62. The molecule has 0 saturated carbocycles. The van der Waals surface area contributed by atoms with Gasteiger partial charge in [-0.05, 0) is 49.8 Å². The summed E-state index contributed by atoms with van der Waals surface area (Å²) >= 11 is 0. The van der Waals surface area contributed by atoms with Gasteiger partial charge in [-0.1, -0.05) is 24.3 Å². The highest BCUT2D eigenvalue weighted by Crippen LogP contribution is 2.31. The van der Waals surface area contributed by atoms with Gasteiger partial charge in [-0.2, -0.15) is 5.10 Å². The van der Waals surface area contributed by atoms with Crippen LogP contribution >= 0.6 is 0 Å². The first-order valence-electron chi connectivity index (χ1n) is 11.5. The lowest BCUT2D eigenvalue weighted by molar-refractivity contribution is 0.247. The monoisotopic (exact) mass is 476 g/mol. The molecule has 180 valence electrons. The molecule has 0 radical (unpaired) electrons. The number of carbonyl (C=O) groups excluding carboxylic acids is 1. The number of para-hydroxylation sites is 1. The Hall–Kier alpha value is -4.01. The van der Waals surface area contributed by atoms with Crippen LogP contribution in [0.15, 0.2) is 65.3 Å². The molecule has 3 heterocycles. The lowest BCUT2D eigenvalue weighted by Gasteiger charge is -2.21. The van der Waals surface area contributed by atoms with Crippen LogP contribution in [-0.4, -0.2) is 52.6 Å². The molecule has 0 unspecified atom stereocenters. The molecular formula is C26H26F2N6O. The third-order valence-electron chi connectivity index (χ3n) is 6.60. The Labute approximate surface area is 202 Å². The van der Waals surface area contributed by atoms with Crippen molar-refractivity contribution in [3.8, 4) is 5.69 Å². The summed E-state index contributed by atoms with van der Waals surface area (Å²) in [5.41, 5.74) is 4.10. The van der Waals surface area contributed by atoms with Crippen molar-refractivity contribution < 1.29 is 13.6 Å². The van der Waals surface area contributed by atoms with Crippen molar-refractivity contribution >= 4 is 18.1 Å². The predicted octanol–water partition coefficient (Wildman–Crippen LogP) is 4.33. The second-order valence-corrected chi connectivity index (χ2v) is 8.82. The summed E-state index contributed by atoms with van der Waals surface area (Å²) in [5, 5.41) is 10.6. The van der Waals surface area contributed by atoms with Gasteiger partial charge in [0.15, 0.2) is 11.6 Å². The van der Waals surface area contributed by atoms with E-state index in [1.54, 1.807) is 17.0 Å². The Morgan fingerprint density at radius 2 is 1.86 bits per heavy atom. The van der Waals surface area contributed by atoms with Crippen molar-refractivity contribution in [2.45, 2.75) is 25.8 Å². The Balaban J connectivity index is 1.39. The summed E-state index contributed by atoms with van der Waals surface area (Å²) in [5.74, 6) is -1.44. The van der Waals surface area contributed by atoms with E-state index in [1.165, 1.54) is 6.07 Å². The molecule has 1 aromatic heterocycles. The number of aromatic nitrogens is 2. The number of urea groups is 1. The number of carbonyl (C=O) groups is 1. The first-order chi connectivity index (χ1) is 16.9. The molecule has 9 heteroatoms. The Morgan fingerprint density at radius 1 is 1.06 bits per heavy atom. The lowest BCUT2D eigenvalue weighted by atomic mass is 9.94. The van der Waals surface area contributed by atoms with E-state index in [9.17, 15) is 13.6 Å². The first-order valence-corrected chi connectivity index (χ1v) is 11.5. The minimum absolute atomic E-state index is 0.229. The first kappa shape index (κ1) is 22.8. The molecule has 2 amide bonds. The highest BCUT2D eigenvalue weighted by molar-refractivity contribution is 5.90. The SMILES string of the molecule is Cc1nn(-c2ccccc2)c(NC(=O)N[C@@H]2CN(C3=CCN=C3)C[C@H]2c2ccc(F)c(F)c2)c1C. The maximum atomic E-state index is 14.0. The van der Waals surface area contributed by atoms with Crippen molar-refractivity contribution in [1.82, 2.24) is 20.0 Å². The highest BCUT2D eigenvalue weighted by atomic mass is 19.2. The average molecular weight is 477 g/mol. The maximum Gasteiger partial charge on any atom is 0.320 e. The predicted molar refractivity (Wildman–Crippen MR) is 131 cm³/mol. The van der Waals surface area contributed by atoms with E-state index in [0.29, 0.717) is 31.0 Å². The van der Waals surface area contributed by atoms with E-state index in [0.717, 1.165) is 28.7 Å². The van der Waals surface area contributed by atoms with Gasteiger partial charge >= 0.3 is 6.03 Å². The summed E-state index contributed by atoms with van der Waals surface area (Å²) in [7, 11) is 0. The van der Waals surface area contributed by atoms with E-state index < -0.39 is 17.7 Å². The number of allylic oxidation sites excluding steroid dienone is 1. The van der Waals surface area contributed by atoms with Crippen LogP contribution in [-0.2, 0) is 0 Å². The number of aryl methyl sites for hydroxylation is 1. The molecule has 2 aliphatic rings. The number of hydrogen-bond donors (Lipinski definition) is 2. The van der Waals surface area contributed by atoms with Crippen molar-refractivity contribution in [3.05, 3.63) is 88.8 Å². The zero-order valence-corrected chi connectivity index (χ0v) is 19.5. The second-order valence-electron chi connectivity index (χ2n) is 8.82. The minimum Gasteiger partial charge on any atom is -0.368 e. The van der Waals surface area contributed by atoms with Crippen molar-refractivity contribution in [2.75, 3.05) is 25.0 Å². The van der Waals surface area contributed by atoms with Crippen molar-refractivity contribution in [2.24, 2.45) is 4.99 Å². The van der Waals surface area contributed by atoms with Gasteiger partial charge in [0.2, 0.25) is 0 Å². The number of halogens is 2. The number of amides is 2. The third kappa shape index (κ3) is 4.53. The van der Waals surface area contributed by atoms with Crippen LogP contribution in [0, 0.1) is 25.5 Å². The molecule has 2 aromatic carbocycles. The van der Waals surface area contributed by atoms with Crippen LogP contribution in [0.2, 0.25) is 0 Å². The van der Waals surface area contributed by atoms with Gasteiger partial charge in [0.05, 0.1) is 29.7 Å². The molecule has 7 nitrogen and oxygen atoms in total.